The van der Waals surface area contributed by atoms with Crippen molar-refractivity contribution in [3.05, 3.63) is 16.1 Å². The molecule has 2 fully saturated rings. The maximum absolute atomic E-state index is 12.3. The highest BCUT2D eigenvalue weighted by Gasteiger charge is 2.31. The van der Waals surface area contributed by atoms with Crippen molar-refractivity contribution < 1.29 is 4.79 Å². The number of carbonyl (C=O) groups is 1. The lowest BCUT2D eigenvalue weighted by molar-refractivity contribution is -0.133. The van der Waals surface area contributed by atoms with E-state index in [4.69, 9.17) is 0 Å². The normalized spacial score (nSPS) is 24.9. The molecule has 0 bridgehead atoms. The van der Waals surface area contributed by atoms with Crippen LogP contribution in [0.1, 0.15) is 29.5 Å². The van der Waals surface area contributed by atoms with Gasteiger partial charge in [-0.1, -0.05) is 0 Å². The number of nitrogens with one attached hydrogen (secondary N) is 1. The minimum atomic E-state index is 0.0451. The average Bonchev–Trinajstić information content (AvgIpc) is 3.09. The van der Waals surface area contributed by atoms with Gasteiger partial charge in [0.05, 0.1) is 11.0 Å². The molecular weight excluding hydrogens is 278 g/mol. The summed E-state index contributed by atoms with van der Waals surface area (Å²) in [6, 6.07) is 0.0451. The second-order valence-corrected chi connectivity index (χ2v) is 7.12. The van der Waals surface area contributed by atoms with Gasteiger partial charge >= 0.3 is 0 Å². The standard InChI is InChI=1S/C13H19N3OS2/c1-9-6-19-12(15-9)10-2-4-16(5-3-10)13(17)11-7-18-8-14-11/h6,10-11,14H,2-5,7-8H2,1H3. The molecule has 0 spiro atoms. The van der Waals surface area contributed by atoms with Crippen molar-refractivity contribution >= 4 is 29.0 Å². The number of carbonyl (C=O) groups excluding carboxylic acids is 1. The summed E-state index contributed by atoms with van der Waals surface area (Å²) in [5.74, 6) is 2.67. The fourth-order valence-electron chi connectivity index (χ4n) is 2.68. The van der Waals surface area contributed by atoms with Gasteiger partial charge in [0.1, 0.15) is 0 Å². The molecule has 2 aliphatic heterocycles. The smallest absolute Gasteiger partial charge is 0.240 e. The lowest BCUT2D eigenvalue weighted by atomic mass is 9.97. The van der Waals surface area contributed by atoms with Gasteiger partial charge < -0.3 is 4.90 Å². The summed E-state index contributed by atoms with van der Waals surface area (Å²) in [4.78, 5) is 18.9. The Kier molecular flexibility index (Phi) is 4.10. The van der Waals surface area contributed by atoms with Crippen LogP contribution in [-0.2, 0) is 4.79 Å². The fourth-order valence-corrected chi connectivity index (χ4v) is 4.58. The predicted molar refractivity (Wildman–Crippen MR) is 79.7 cm³/mol. The van der Waals surface area contributed by atoms with Crippen molar-refractivity contribution in [1.82, 2.24) is 15.2 Å². The quantitative estimate of drug-likeness (QED) is 0.904. The Bertz CT molecular complexity index is 448. The van der Waals surface area contributed by atoms with Crippen LogP contribution in [0.2, 0.25) is 0 Å². The van der Waals surface area contributed by atoms with E-state index in [0.717, 1.165) is 43.3 Å². The number of hydrogen-bond acceptors (Lipinski definition) is 5. The van der Waals surface area contributed by atoms with Gasteiger partial charge in [-0.3, -0.25) is 10.1 Å². The van der Waals surface area contributed by atoms with Gasteiger partial charge in [-0.05, 0) is 19.8 Å². The van der Waals surface area contributed by atoms with Crippen LogP contribution in [-0.4, -0.2) is 46.6 Å². The van der Waals surface area contributed by atoms with Crippen molar-refractivity contribution in [2.75, 3.05) is 24.7 Å². The summed E-state index contributed by atoms with van der Waals surface area (Å²) in [6.07, 6.45) is 2.11. The van der Waals surface area contributed by atoms with Crippen LogP contribution in [0.4, 0.5) is 0 Å². The summed E-state index contributed by atoms with van der Waals surface area (Å²) in [5.41, 5.74) is 1.12. The van der Waals surface area contributed by atoms with Gasteiger partial charge in [0.25, 0.3) is 0 Å². The van der Waals surface area contributed by atoms with E-state index in [1.165, 1.54) is 5.01 Å². The van der Waals surface area contributed by atoms with Gasteiger partial charge in [-0.15, -0.1) is 23.1 Å². The molecule has 0 radical (unpaired) electrons. The van der Waals surface area contributed by atoms with Crippen LogP contribution in [0.3, 0.4) is 0 Å². The molecule has 3 rings (SSSR count). The Morgan fingerprint density at radius 2 is 2.26 bits per heavy atom. The van der Waals surface area contributed by atoms with E-state index in [-0.39, 0.29) is 6.04 Å². The molecule has 1 N–H and O–H groups in total. The first kappa shape index (κ1) is 13.4. The Morgan fingerprint density at radius 1 is 1.47 bits per heavy atom. The topological polar surface area (TPSA) is 45.2 Å². The molecule has 1 aromatic heterocycles. The van der Waals surface area contributed by atoms with E-state index < -0.39 is 0 Å². The number of amides is 1. The third kappa shape index (κ3) is 2.95. The van der Waals surface area contributed by atoms with Gasteiger partial charge in [-0.25, -0.2) is 4.98 Å². The van der Waals surface area contributed by atoms with Crippen LogP contribution < -0.4 is 5.32 Å². The Balaban J connectivity index is 1.55. The van der Waals surface area contributed by atoms with Gasteiger partial charge in [-0.2, -0.15) is 0 Å². The number of aryl methyl sites for hydroxylation is 1. The molecule has 0 aliphatic carbocycles. The second-order valence-electron chi connectivity index (χ2n) is 5.20. The molecule has 2 saturated heterocycles. The first-order valence-corrected chi connectivity index (χ1v) is 8.79. The van der Waals surface area contributed by atoms with Crippen LogP contribution in [0, 0.1) is 6.92 Å². The number of rotatable bonds is 2. The highest BCUT2D eigenvalue weighted by atomic mass is 32.2. The monoisotopic (exact) mass is 297 g/mol. The van der Waals surface area contributed by atoms with E-state index in [1.54, 1.807) is 11.3 Å². The molecule has 1 aromatic rings. The second kappa shape index (κ2) is 5.81. The molecule has 6 heteroatoms. The molecule has 1 amide bonds. The SMILES string of the molecule is Cc1csc(C2CCN(C(=O)C3CSCN3)CC2)n1. The van der Waals surface area contributed by atoms with E-state index in [0.29, 0.717) is 11.8 Å². The van der Waals surface area contributed by atoms with E-state index >= 15 is 0 Å². The summed E-state index contributed by atoms with van der Waals surface area (Å²) >= 11 is 3.57. The zero-order valence-corrected chi connectivity index (χ0v) is 12.7. The first-order valence-electron chi connectivity index (χ1n) is 6.76. The number of thiazole rings is 1. The molecule has 2 aliphatic rings. The summed E-state index contributed by atoms with van der Waals surface area (Å²) in [7, 11) is 0. The number of likely N-dealkylation sites (tertiary alicyclic amines) is 1. The van der Waals surface area contributed by atoms with E-state index in [1.807, 2.05) is 23.6 Å². The number of hydrogen-bond donors (Lipinski definition) is 1. The molecule has 3 heterocycles. The van der Waals surface area contributed by atoms with Crippen molar-refractivity contribution in [2.45, 2.75) is 31.7 Å². The highest BCUT2D eigenvalue weighted by Crippen LogP contribution is 2.30. The number of thioether (sulfide) groups is 1. The molecule has 19 heavy (non-hydrogen) atoms. The third-order valence-electron chi connectivity index (χ3n) is 3.81. The van der Waals surface area contributed by atoms with Crippen molar-refractivity contribution in [3.8, 4) is 0 Å². The summed E-state index contributed by atoms with van der Waals surface area (Å²) < 4.78 is 0. The highest BCUT2D eigenvalue weighted by molar-refractivity contribution is 7.99. The molecule has 0 aromatic carbocycles. The van der Waals surface area contributed by atoms with Gasteiger partial charge in [0.2, 0.25) is 5.91 Å². The van der Waals surface area contributed by atoms with Crippen molar-refractivity contribution in [2.24, 2.45) is 0 Å². The maximum atomic E-state index is 12.3. The maximum Gasteiger partial charge on any atom is 0.240 e. The fraction of sp³-hybridized carbons (Fsp3) is 0.692. The first-order chi connectivity index (χ1) is 9.24. The average molecular weight is 297 g/mol. The Hall–Kier alpha value is -0.590. The van der Waals surface area contributed by atoms with Crippen LogP contribution in [0.25, 0.3) is 0 Å². The van der Waals surface area contributed by atoms with E-state index in [2.05, 4.69) is 15.7 Å². The number of piperidine rings is 1. The van der Waals surface area contributed by atoms with E-state index in [9.17, 15) is 4.79 Å². The lowest BCUT2D eigenvalue weighted by Crippen LogP contribution is -2.47. The number of nitrogens with zero attached hydrogens (tertiary/aromatic N) is 2. The lowest BCUT2D eigenvalue weighted by Gasteiger charge is -2.32. The molecule has 0 saturated carbocycles. The minimum absolute atomic E-state index is 0.0451. The zero-order valence-electron chi connectivity index (χ0n) is 11.1. The van der Waals surface area contributed by atoms with Crippen molar-refractivity contribution in [3.63, 3.8) is 0 Å². The van der Waals surface area contributed by atoms with Crippen LogP contribution in [0.15, 0.2) is 5.38 Å². The molecule has 4 nitrogen and oxygen atoms in total. The summed E-state index contributed by atoms with van der Waals surface area (Å²) in [5, 5.41) is 6.63. The predicted octanol–water partition coefficient (Wildman–Crippen LogP) is 1.82. The van der Waals surface area contributed by atoms with Gasteiger partial charge in [0, 0.05) is 41.7 Å². The molecular formula is C13H19N3OS2. The summed E-state index contributed by atoms with van der Waals surface area (Å²) in [6.45, 7) is 3.80. The van der Waals surface area contributed by atoms with Crippen LogP contribution in [0.5, 0.6) is 0 Å². The zero-order chi connectivity index (χ0) is 13.2. The van der Waals surface area contributed by atoms with Crippen molar-refractivity contribution in [1.29, 1.82) is 0 Å². The Morgan fingerprint density at radius 3 is 2.84 bits per heavy atom. The molecule has 1 atom stereocenters. The largest absolute Gasteiger partial charge is 0.341 e. The third-order valence-corrected chi connectivity index (χ3v) is 5.87. The Labute approximate surface area is 122 Å². The minimum Gasteiger partial charge on any atom is -0.341 e. The van der Waals surface area contributed by atoms with Gasteiger partial charge in [0.15, 0.2) is 0 Å². The molecule has 1 unspecified atom stereocenters. The van der Waals surface area contributed by atoms with Crippen LogP contribution >= 0.6 is 23.1 Å². The molecule has 104 valence electrons. The number of aromatic nitrogens is 1.